The maximum absolute atomic E-state index is 12.7. The fraction of sp³-hybridized carbons (Fsp3) is 0.409. The van der Waals surface area contributed by atoms with Crippen molar-refractivity contribution in [2.45, 2.75) is 38.3 Å². The molecule has 1 heterocycles. The molecule has 26 heavy (non-hydrogen) atoms. The maximum Gasteiger partial charge on any atom is 0.223 e. The highest BCUT2D eigenvalue weighted by atomic mass is 16.5. The molecule has 0 bridgehead atoms. The molecule has 0 aliphatic carbocycles. The van der Waals surface area contributed by atoms with Crippen LogP contribution >= 0.6 is 0 Å². The molecule has 2 unspecified atom stereocenters. The molecule has 1 saturated heterocycles. The average Bonchev–Trinajstić information content (AvgIpc) is 2.69. The SMILES string of the molecule is COc1ccc(CCC(=O)N2CC(Cc3ccccc3)OCC2C)cc1. The van der Waals surface area contributed by atoms with Gasteiger partial charge in [-0.2, -0.15) is 0 Å². The van der Waals surface area contributed by atoms with E-state index in [1.165, 1.54) is 5.56 Å². The van der Waals surface area contributed by atoms with Gasteiger partial charge in [0.1, 0.15) is 5.75 Å². The van der Waals surface area contributed by atoms with E-state index in [-0.39, 0.29) is 18.1 Å². The highest BCUT2D eigenvalue weighted by molar-refractivity contribution is 5.77. The Bertz CT molecular complexity index is 699. The number of rotatable bonds is 6. The lowest BCUT2D eigenvalue weighted by Crippen LogP contribution is -2.51. The molecule has 0 N–H and O–H groups in total. The Labute approximate surface area is 155 Å². The van der Waals surface area contributed by atoms with Gasteiger partial charge < -0.3 is 14.4 Å². The molecule has 138 valence electrons. The number of carbonyl (C=O) groups excluding carboxylic acids is 1. The molecule has 0 spiro atoms. The molecule has 1 aliphatic heterocycles. The summed E-state index contributed by atoms with van der Waals surface area (Å²) in [6.45, 7) is 3.33. The second kappa shape index (κ2) is 8.86. The zero-order chi connectivity index (χ0) is 18.4. The van der Waals surface area contributed by atoms with Gasteiger partial charge in [-0.15, -0.1) is 0 Å². The number of morpholine rings is 1. The van der Waals surface area contributed by atoms with Crippen LogP contribution < -0.4 is 4.74 Å². The first-order chi connectivity index (χ1) is 12.7. The van der Waals surface area contributed by atoms with Crippen LogP contribution in [0, 0.1) is 0 Å². The zero-order valence-corrected chi connectivity index (χ0v) is 15.6. The predicted octanol–water partition coefficient (Wildman–Crippen LogP) is 3.49. The topological polar surface area (TPSA) is 38.8 Å². The van der Waals surface area contributed by atoms with E-state index >= 15 is 0 Å². The summed E-state index contributed by atoms with van der Waals surface area (Å²) >= 11 is 0. The number of benzene rings is 2. The van der Waals surface area contributed by atoms with Gasteiger partial charge in [-0.25, -0.2) is 0 Å². The summed E-state index contributed by atoms with van der Waals surface area (Å²) in [4.78, 5) is 14.7. The van der Waals surface area contributed by atoms with E-state index < -0.39 is 0 Å². The summed E-state index contributed by atoms with van der Waals surface area (Å²) in [6.07, 6.45) is 2.18. The Morgan fingerprint density at radius 2 is 1.85 bits per heavy atom. The van der Waals surface area contributed by atoms with Crippen molar-refractivity contribution in [3.63, 3.8) is 0 Å². The van der Waals surface area contributed by atoms with Gasteiger partial charge in [0.15, 0.2) is 0 Å². The van der Waals surface area contributed by atoms with Crippen LogP contribution in [-0.2, 0) is 22.4 Å². The van der Waals surface area contributed by atoms with Crippen LogP contribution in [0.1, 0.15) is 24.5 Å². The van der Waals surface area contributed by atoms with Crippen LogP contribution in [0.25, 0.3) is 0 Å². The fourth-order valence-electron chi connectivity index (χ4n) is 3.35. The number of ether oxygens (including phenoxy) is 2. The van der Waals surface area contributed by atoms with E-state index in [0.717, 1.165) is 24.2 Å². The molecule has 4 heteroatoms. The Kier molecular flexibility index (Phi) is 6.29. The molecule has 2 aromatic rings. The van der Waals surface area contributed by atoms with E-state index in [0.29, 0.717) is 19.6 Å². The van der Waals surface area contributed by atoms with Gasteiger partial charge in [-0.3, -0.25) is 4.79 Å². The Morgan fingerprint density at radius 3 is 2.54 bits per heavy atom. The molecule has 1 aliphatic rings. The summed E-state index contributed by atoms with van der Waals surface area (Å²) in [5.74, 6) is 1.04. The van der Waals surface area contributed by atoms with Gasteiger partial charge in [-0.1, -0.05) is 42.5 Å². The van der Waals surface area contributed by atoms with Crippen LogP contribution in [0.2, 0.25) is 0 Å². The molecule has 3 rings (SSSR count). The first-order valence-corrected chi connectivity index (χ1v) is 9.23. The average molecular weight is 353 g/mol. The van der Waals surface area contributed by atoms with Crippen molar-refractivity contribution < 1.29 is 14.3 Å². The molecule has 2 aromatic carbocycles. The zero-order valence-electron chi connectivity index (χ0n) is 15.6. The molecule has 0 saturated carbocycles. The summed E-state index contributed by atoms with van der Waals surface area (Å²) in [6, 6.07) is 18.4. The lowest BCUT2D eigenvalue weighted by Gasteiger charge is -2.38. The third kappa shape index (κ3) is 4.85. The number of hydrogen-bond donors (Lipinski definition) is 0. The Morgan fingerprint density at radius 1 is 1.12 bits per heavy atom. The van der Waals surface area contributed by atoms with E-state index in [1.54, 1.807) is 7.11 Å². The van der Waals surface area contributed by atoms with Crippen molar-refractivity contribution in [2.75, 3.05) is 20.3 Å². The van der Waals surface area contributed by atoms with Gasteiger partial charge in [0, 0.05) is 19.4 Å². The Hall–Kier alpha value is -2.33. The number of amides is 1. The minimum Gasteiger partial charge on any atom is -0.497 e. The number of nitrogens with zero attached hydrogens (tertiary/aromatic N) is 1. The van der Waals surface area contributed by atoms with Gasteiger partial charge in [0.25, 0.3) is 0 Å². The fourth-order valence-corrected chi connectivity index (χ4v) is 3.35. The molecule has 0 aromatic heterocycles. The van der Waals surface area contributed by atoms with Crippen LogP contribution in [0.4, 0.5) is 0 Å². The second-order valence-corrected chi connectivity index (χ2v) is 6.89. The largest absolute Gasteiger partial charge is 0.497 e. The lowest BCUT2D eigenvalue weighted by atomic mass is 10.0. The van der Waals surface area contributed by atoms with Gasteiger partial charge in [0.05, 0.1) is 25.9 Å². The molecule has 2 atom stereocenters. The predicted molar refractivity (Wildman–Crippen MR) is 102 cm³/mol. The van der Waals surface area contributed by atoms with Crippen LogP contribution in [-0.4, -0.2) is 43.2 Å². The van der Waals surface area contributed by atoms with Crippen LogP contribution in [0.3, 0.4) is 0 Å². The van der Waals surface area contributed by atoms with E-state index in [1.807, 2.05) is 47.4 Å². The van der Waals surface area contributed by atoms with Gasteiger partial charge in [-0.05, 0) is 36.6 Å². The number of hydrogen-bond acceptors (Lipinski definition) is 3. The highest BCUT2D eigenvalue weighted by Gasteiger charge is 2.29. The van der Waals surface area contributed by atoms with Crippen molar-refractivity contribution >= 4 is 5.91 Å². The van der Waals surface area contributed by atoms with E-state index in [2.05, 4.69) is 19.1 Å². The minimum atomic E-state index is 0.0681. The number of aryl methyl sites for hydroxylation is 1. The number of carbonyl (C=O) groups is 1. The second-order valence-electron chi connectivity index (χ2n) is 6.89. The third-order valence-corrected chi connectivity index (χ3v) is 4.92. The van der Waals surface area contributed by atoms with Crippen molar-refractivity contribution in [2.24, 2.45) is 0 Å². The third-order valence-electron chi connectivity index (χ3n) is 4.92. The number of methoxy groups -OCH3 is 1. The summed E-state index contributed by atoms with van der Waals surface area (Å²) in [5.41, 5.74) is 2.40. The van der Waals surface area contributed by atoms with Crippen molar-refractivity contribution in [1.82, 2.24) is 4.90 Å². The van der Waals surface area contributed by atoms with E-state index in [9.17, 15) is 4.79 Å². The molecule has 4 nitrogen and oxygen atoms in total. The minimum absolute atomic E-state index is 0.0681. The maximum atomic E-state index is 12.7. The quantitative estimate of drug-likeness (QED) is 0.798. The van der Waals surface area contributed by atoms with Crippen molar-refractivity contribution in [3.05, 3.63) is 65.7 Å². The first kappa shape index (κ1) is 18.5. The first-order valence-electron chi connectivity index (χ1n) is 9.23. The standard InChI is InChI=1S/C22H27NO3/c1-17-16-26-21(14-19-6-4-3-5-7-19)15-23(17)22(24)13-10-18-8-11-20(25-2)12-9-18/h3-9,11-12,17,21H,10,13-16H2,1-2H3. The van der Waals surface area contributed by atoms with Crippen LogP contribution in [0.5, 0.6) is 5.75 Å². The van der Waals surface area contributed by atoms with Crippen molar-refractivity contribution in [3.8, 4) is 5.75 Å². The summed E-state index contributed by atoms with van der Waals surface area (Å²) in [7, 11) is 1.66. The molecular formula is C22H27NO3. The van der Waals surface area contributed by atoms with Gasteiger partial charge >= 0.3 is 0 Å². The normalized spacial score (nSPS) is 20.0. The smallest absolute Gasteiger partial charge is 0.223 e. The molecule has 0 radical (unpaired) electrons. The molecule has 1 fully saturated rings. The van der Waals surface area contributed by atoms with E-state index in [4.69, 9.17) is 9.47 Å². The highest BCUT2D eigenvalue weighted by Crippen LogP contribution is 2.18. The molecule has 1 amide bonds. The lowest BCUT2D eigenvalue weighted by molar-refractivity contribution is -0.144. The Balaban J connectivity index is 1.54. The summed E-state index contributed by atoms with van der Waals surface area (Å²) < 4.78 is 11.1. The summed E-state index contributed by atoms with van der Waals surface area (Å²) in [5, 5.41) is 0. The van der Waals surface area contributed by atoms with Crippen LogP contribution in [0.15, 0.2) is 54.6 Å². The molecular weight excluding hydrogens is 326 g/mol. The van der Waals surface area contributed by atoms with Crippen molar-refractivity contribution in [1.29, 1.82) is 0 Å². The monoisotopic (exact) mass is 353 g/mol. The van der Waals surface area contributed by atoms with Gasteiger partial charge in [0.2, 0.25) is 5.91 Å².